The predicted octanol–water partition coefficient (Wildman–Crippen LogP) is 4.28. The molecule has 1 aromatic heterocycles. The fraction of sp³-hybridized carbons (Fsp3) is 0.448. The van der Waals surface area contributed by atoms with Crippen LogP contribution in [0.25, 0.3) is 22.2 Å². The molecular weight excluding hydrogens is 503 g/mol. The number of aryl methyl sites for hydroxylation is 1. The van der Waals surface area contributed by atoms with Crippen LogP contribution in [0.4, 0.5) is 9.18 Å². The highest BCUT2D eigenvalue weighted by Crippen LogP contribution is 2.43. The second-order valence-electron chi connectivity index (χ2n) is 11.4. The molecule has 0 unspecified atom stereocenters. The van der Waals surface area contributed by atoms with Gasteiger partial charge < -0.3 is 14.5 Å². The highest BCUT2D eigenvalue weighted by atomic mass is 19.1. The first-order valence-corrected chi connectivity index (χ1v) is 13.0. The summed E-state index contributed by atoms with van der Waals surface area (Å²) >= 11 is 0. The number of likely N-dealkylation sites (tertiary alicyclic amines) is 1. The second-order valence-corrected chi connectivity index (χ2v) is 11.4. The van der Waals surface area contributed by atoms with Gasteiger partial charge in [0.25, 0.3) is 0 Å². The number of carbonyl (C=O) groups is 2. The molecule has 4 atom stereocenters. The largest absolute Gasteiger partial charge is 0.444 e. The van der Waals surface area contributed by atoms with Crippen LogP contribution in [0, 0.1) is 23.1 Å². The Hall–Kier alpha value is -4.13. The Morgan fingerprint density at radius 1 is 1.21 bits per heavy atom. The molecule has 5 rings (SSSR count). The molecule has 1 aliphatic carbocycles. The summed E-state index contributed by atoms with van der Waals surface area (Å²) in [5, 5.41) is 12.5. The van der Waals surface area contributed by atoms with Crippen LogP contribution in [-0.2, 0) is 23.0 Å². The minimum Gasteiger partial charge on any atom is -0.444 e. The fourth-order valence-electron chi connectivity index (χ4n) is 5.71. The van der Waals surface area contributed by atoms with Crippen molar-refractivity contribution in [1.82, 2.24) is 14.8 Å². The molecule has 9 nitrogen and oxygen atoms in total. The molecule has 2 heterocycles. The number of nitrogens with one attached hydrogen (secondary N) is 1. The van der Waals surface area contributed by atoms with Gasteiger partial charge in [-0.3, -0.25) is 14.3 Å². The summed E-state index contributed by atoms with van der Waals surface area (Å²) < 4.78 is 27.2. The van der Waals surface area contributed by atoms with Crippen LogP contribution in [-0.4, -0.2) is 45.2 Å². The predicted molar refractivity (Wildman–Crippen MR) is 141 cm³/mol. The van der Waals surface area contributed by atoms with E-state index in [4.69, 9.17) is 9.15 Å². The summed E-state index contributed by atoms with van der Waals surface area (Å²) in [6, 6.07) is 10.1. The maximum Gasteiger partial charge on any atom is 0.419 e. The molecule has 204 valence electrons. The second kappa shape index (κ2) is 9.88. The van der Waals surface area contributed by atoms with Crippen molar-refractivity contribution in [2.45, 2.75) is 70.2 Å². The third-order valence-electron chi connectivity index (χ3n) is 7.53. The molecule has 10 heteroatoms. The summed E-state index contributed by atoms with van der Waals surface area (Å²) in [4.78, 5) is 39.5. The van der Waals surface area contributed by atoms with Crippen LogP contribution < -0.4 is 11.1 Å². The van der Waals surface area contributed by atoms with Gasteiger partial charge in [-0.25, -0.2) is 14.0 Å². The number of amides is 2. The van der Waals surface area contributed by atoms with E-state index in [-0.39, 0.29) is 23.9 Å². The quantitative estimate of drug-likeness (QED) is 0.522. The van der Waals surface area contributed by atoms with E-state index in [1.165, 1.54) is 15.5 Å². The van der Waals surface area contributed by atoms with Gasteiger partial charge in [0.15, 0.2) is 5.58 Å². The van der Waals surface area contributed by atoms with Gasteiger partial charge in [-0.1, -0.05) is 18.2 Å². The summed E-state index contributed by atoms with van der Waals surface area (Å²) in [5.74, 6) is -1.41. The number of benzene rings is 2. The Labute approximate surface area is 225 Å². The van der Waals surface area contributed by atoms with E-state index in [9.17, 15) is 19.6 Å². The zero-order valence-electron chi connectivity index (χ0n) is 22.4. The molecule has 0 radical (unpaired) electrons. The lowest BCUT2D eigenvalue weighted by molar-refractivity contribution is -0.128. The molecule has 39 heavy (non-hydrogen) atoms. The van der Waals surface area contributed by atoms with Crippen molar-refractivity contribution in [3.05, 3.63) is 58.3 Å². The Bertz CT molecular complexity index is 1550. The van der Waals surface area contributed by atoms with Crippen LogP contribution in [0.1, 0.15) is 45.6 Å². The van der Waals surface area contributed by atoms with Crippen molar-refractivity contribution in [2.75, 3.05) is 0 Å². The van der Waals surface area contributed by atoms with Crippen LogP contribution in [0.3, 0.4) is 0 Å². The van der Waals surface area contributed by atoms with Crippen molar-refractivity contribution in [2.24, 2.45) is 13.0 Å². The molecule has 2 bridgehead atoms. The lowest BCUT2D eigenvalue weighted by Crippen LogP contribution is -2.55. The third-order valence-corrected chi connectivity index (χ3v) is 7.53. The SMILES string of the molecule is Cn1c(=O)oc2ccc(-c3ccc(C[C@@H](C#N)NC(=O)[C@H]4[C@H]5CC[C@H](C5)N4C(=O)OC(C)(C)C)c(F)c3)cc21. The van der Waals surface area contributed by atoms with E-state index in [0.29, 0.717) is 22.2 Å². The number of piperidine rings is 1. The first kappa shape index (κ1) is 26.5. The first-order chi connectivity index (χ1) is 18.4. The van der Waals surface area contributed by atoms with Crippen molar-refractivity contribution in [3.8, 4) is 17.2 Å². The molecule has 2 amide bonds. The number of rotatable bonds is 5. The van der Waals surface area contributed by atoms with Gasteiger partial charge in [0.05, 0.1) is 11.6 Å². The molecule has 1 saturated carbocycles. The van der Waals surface area contributed by atoms with Crippen molar-refractivity contribution < 1.29 is 23.1 Å². The lowest BCUT2D eigenvalue weighted by Gasteiger charge is -2.35. The molecule has 1 aliphatic heterocycles. The van der Waals surface area contributed by atoms with Crippen molar-refractivity contribution in [3.63, 3.8) is 0 Å². The standard InChI is InChI=1S/C29H31FN4O5/c1-29(2,3)39-28(37)34-21-9-7-19(12-21)25(34)26(35)32-20(15-31)11-18-6-5-16(13-22(18)30)17-8-10-24-23(14-17)33(4)27(36)38-24/h5-6,8,10,13-14,19-21,25H,7,9,11-12H2,1-4H3,(H,32,35)/t19-,20-,21+,25+/m0/s1. The first-order valence-electron chi connectivity index (χ1n) is 13.0. The summed E-state index contributed by atoms with van der Waals surface area (Å²) in [6.45, 7) is 5.33. The lowest BCUT2D eigenvalue weighted by atomic mass is 9.97. The van der Waals surface area contributed by atoms with Gasteiger partial charge in [0, 0.05) is 19.5 Å². The van der Waals surface area contributed by atoms with Crippen LogP contribution in [0.2, 0.25) is 0 Å². The fourth-order valence-corrected chi connectivity index (χ4v) is 5.71. The monoisotopic (exact) mass is 534 g/mol. The highest BCUT2D eigenvalue weighted by Gasteiger charge is 2.52. The smallest absolute Gasteiger partial charge is 0.419 e. The summed E-state index contributed by atoms with van der Waals surface area (Å²) in [5.41, 5.74) is 1.92. The maximum absolute atomic E-state index is 15.2. The number of aromatic nitrogens is 1. The Balaban J connectivity index is 1.30. The summed E-state index contributed by atoms with van der Waals surface area (Å²) in [6.07, 6.45) is 1.81. The number of hydrogen-bond donors (Lipinski definition) is 1. The van der Waals surface area contributed by atoms with E-state index in [1.54, 1.807) is 58.2 Å². The number of carbonyl (C=O) groups excluding carboxylic acids is 2. The van der Waals surface area contributed by atoms with Crippen LogP contribution in [0.15, 0.2) is 45.6 Å². The third kappa shape index (κ3) is 5.13. The Morgan fingerprint density at radius 3 is 2.62 bits per heavy atom. The number of nitriles is 1. The topological polar surface area (TPSA) is 118 Å². The summed E-state index contributed by atoms with van der Waals surface area (Å²) in [7, 11) is 1.60. The zero-order valence-corrected chi connectivity index (χ0v) is 22.4. The number of nitrogens with zero attached hydrogens (tertiary/aromatic N) is 3. The number of oxazole rings is 1. The molecule has 2 aliphatic rings. The van der Waals surface area contributed by atoms with E-state index in [2.05, 4.69) is 11.4 Å². The molecule has 2 fully saturated rings. The van der Waals surface area contributed by atoms with E-state index in [1.807, 2.05) is 0 Å². The molecular formula is C29H31FN4O5. The van der Waals surface area contributed by atoms with Gasteiger partial charge in [-0.15, -0.1) is 0 Å². The van der Waals surface area contributed by atoms with Gasteiger partial charge in [0.1, 0.15) is 23.5 Å². The average Bonchev–Trinajstić information content (AvgIpc) is 3.57. The van der Waals surface area contributed by atoms with Crippen LogP contribution in [0.5, 0.6) is 0 Å². The minimum atomic E-state index is -0.978. The highest BCUT2D eigenvalue weighted by molar-refractivity contribution is 5.87. The zero-order chi connectivity index (χ0) is 28.1. The van der Waals surface area contributed by atoms with Crippen molar-refractivity contribution >= 4 is 23.1 Å². The van der Waals surface area contributed by atoms with E-state index in [0.717, 1.165) is 19.3 Å². The number of hydrogen-bond acceptors (Lipinski definition) is 6. The van der Waals surface area contributed by atoms with E-state index >= 15 is 4.39 Å². The number of halogens is 1. The molecule has 2 aromatic carbocycles. The molecule has 0 spiro atoms. The average molecular weight is 535 g/mol. The normalized spacial score (nSPS) is 21.1. The minimum absolute atomic E-state index is 0.00457. The van der Waals surface area contributed by atoms with Gasteiger partial charge >= 0.3 is 11.8 Å². The number of ether oxygens (including phenoxy) is 1. The van der Waals surface area contributed by atoms with Gasteiger partial charge in [-0.05, 0) is 80.8 Å². The molecule has 3 aromatic rings. The van der Waals surface area contributed by atoms with Crippen molar-refractivity contribution in [1.29, 1.82) is 5.26 Å². The maximum atomic E-state index is 15.2. The molecule has 1 saturated heterocycles. The van der Waals surface area contributed by atoms with Crippen LogP contribution >= 0.6 is 0 Å². The van der Waals surface area contributed by atoms with Gasteiger partial charge in [-0.2, -0.15) is 5.26 Å². The molecule has 1 N–H and O–H groups in total. The Morgan fingerprint density at radius 2 is 1.92 bits per heavy atom. The van der Waals surface area contributed by atoms with Gasteiger partial charge in [0.2, 0.25) is 5.91 Å². The van der Waals surface area contributed by atoms with E-state index < -0.39 is 41.3 Å². The Kier molecular flexibility index (Phi) is 6.70. The number of fused-ring (bicyclic) bond motifs is 3.